The Labute approximate surface area is 128 Å². The number of aliphatic hydroxyl groups excluding tert-OH is 1. The number of hydrogen-bond donors (Lipinski definition) is 2. The summed E-state index contributed by atoms with van der Waals surface area (Å²) in [7, 11) is 0. The molecule has 2 unspecified atom stereocenters. The third-order valence-electron chi connectivity index (χ3n) is 4.77. The molecule has 21 heavy (non-hydrogen) atoms. The average Bonchev–Trinajstić information content (AvgIpc) is 2.68. The van der Waals surface area contributed by atoms with Crippen molar-refractivity contribution in [2.24, 2.45) is 0 Å². The molecule has 0 aromatic heterocycles. The Balaban J connectivity index is 1.67. The van der Waals surface area contributed by atoms with Crippen LogP contribution in [0, 0.1) is 0 Å². The van der Waals surface area contributed by atoms with Crippen LogP contribution in [0.25, 0.3) is 0 Å². The van der Waals surface area contributed by atoms with E-state index in [2.05, 4.69) is 55.3 Å². The van der Waals surface area contributed by atoms with Gasteiger partial charge in [-0.2, -0.15) is 0 Å². The summed E-state index contributed by atoms with van der Waals surface area (Å²) in [5, 5.41) is 13.4. The summed E-state index contributed by atoms with van der Waals surface area (Å²) < 4.78 is 0. The summed E-state index contributed by atoms with van der Waals surface area (Å²) in [5.41, 5.74) is 2.81. The van der Waals surface area contributed by atoms with Crippen molar-refractivity contribution in [3.63, 3.8) is 0 Å². The Bertz CT molecular complexity index is 463. The van der Waals surface area contributed by atoms with Gasteiger partial charge in [-0.05, 0) is 64.2 Å². The van der Waals surface area contributed by atoms with Crippen LogP contribution in [0.4, 0.5) is 5.69 Å². The minimum Gasteiger partial charge on any atom is -0.393 e. The van der Waals surface area contributed by atoms with E-state index in [0.717, 1.165) is 19.4 Å². The van der Waals surface area contributed by atoms with Crippen molar-refractivity contribution < 1.29 is 5.11 Å². The highest BCUT2D eigenvalue weighted by molar-refractivity contribution is 5.51. The second-order valence-electron chi connectivity index (χ2n) is 7.69. The molecule has 0 amide bonds. The summed E-state index contributed by atoms with van der Waals surface area (Å²) in [6, 6.07) is 10.1. The van der Waals surface area contributed by atoms with Crippen LogP contribution in [0.5, 0.6) is 0 Å². The number of anilines is 1. The highest BCUT2D eigenvalue weighted by Gasteiger charge is 2.40. The lowest BCUT2D eigenvalue weighted by molar-refractivity contribution is 0.126. The van der Waals surface area contributed by atoms with Crippen molar-refractivity contribution in [1.29, 1.82) is 0 Å². The van der Waals surface area contributed by atoms with E-state index < -0.39 is 0 Å². The molecule has 3 heteroatoms. The van der Waals surface area contributed by atoms with Crippen LogP contribution in [0.2, 0.25) is 0 Å². The minimum absolute atomic E-state index is 0.0889. The van der Waals surface area contributed by atoms with Gasteiger partial charge in [0.1, 0.15) is 0 Å². The maximum atomic E-state index is 9.91. The van der Waals surface area contributed by atoms with Crippen LogP contribution >= 0.6 is 0 Å². The van der Waals surface area contributed by atoms with Gasteiger partial charge >= 0.3 is 0 Å². The molecule has 1 aromatic carbocycles. The number of piperidine rings is 1. The van der Waals surface area contributed by atoms with Gasteiger partial charge in [0.25, 0.3) is 0 Å². The first-order valence-corrected chi connectivity index (χ1v) is 8.23. The third-order valence-corrected chi connectivity index (χ3v) is 4.77. The van der Waals surface area contributed by atoms with Gasteiger partial charge in [-0.1, -0.05) is 12.1 Å². The SMILES string of the molecule is CC(C)(C)NCc1ccc(N2C3CCC2CC(O)C3)cc1. The predicted molar refractivity (Wildman–Crippen MR) is 87.6 cm³/mol. The van der Waals surface area contributed by atoms with Crippen LogP contribution in [0.15, 0.2) is 24.3 Å². The number of nitrogens with zero attached hydrogens (tertiary/aromatic N) is 1. The maximum Gasteiger partial charge on any atom is 0.0579 e. The van der Waals surface area contributed by atoms with E-state index in [1.165, 1.54) is 24.1 Å². The lowest BCUT2D eigenvalue weighted by atomic mass is 9.99. The van der Waals surface area contributed by atoms with Crippen LogP contribution in [0.3, 0.4) is 0 Å². The number of fused-ring (bicyclic) bond motifs is 2. The number of hydrogen-bond acceptors (Lipinski definition) is 3. The molecule has 2 bridgehead atoms. The Kier molecular flexibility index (Phi) is 3.98. The molecule has 2 fully saturated rings. The van der Waals surface area contributed by atoms with E-state index >= 15 is 0 Å². The zero-order chi connectivity index (χ0) is 15.0. The first-order chi connectivity index (χ1) is 9.92. The van der Waals surface area contributed by atoms with Crippen LogP contribution in [0.1, 0.15) is 52.0 Å². The molecule has 0 spiro atoms. The molecule has 2 heterocycles. The van der Waals surface area contributed by atoms with E-state index in [4.69, 9.17) is 0 Å². The fourth-order valence-electron chi connectivity index (χ4n) is 3.72. The zero-order valence-electron chi connectivity index (χ0n) is 13.5. The Morgan fingerprint density at radius 3 is 2.19 bits per heavy atom. The molecular formula is C18H28N2O. The molecule has 2 aliphatic rings. The molecular weight excluding hydrogens is 260 g/mol. The first kappa shape index (κ1) is 14.9. The van der Waals surface area contributed by atoms with Crippen LogP contribution < -0.4 is 10.2 Å². The van der Waals surface area contributed by atoms with E-state index in [9.17, 15) is 5.11 Å². The van der Waals surface area contributed by atoms with Crippen molar-refractivity contribution in [3.05, 3.63) is 29.8 Å². The van der Waals surface area contributed by atoms with Gasteiger partial charge in [0.15, 0.2) is 0 Å². The topological polar surface area (TPSA) is 35.5 Å². The number of benzene rings is 1. The average molecular weight is 288 g/mol. The molecule has 3 rings (SSSR count). The van der Waals surface area contributed by atoms with Crippen molar-refractivity contribution in [3.8, 4) is 0 Å². The lowest BCUT2D eigenvalue weighted by Gasteiger charge is -2.39. The molecule has 1 aromatic rings. The van der Waals surface area contributed by atoms with E-state index in [1.807, 2.05) is 0 Å². The monoisotopic (exact) mass is 288 g/mol. The second kappa shape index (κ2) is 5.62. The largest absolute Gasteiger partial charge is 0.393 e. The molecule has 0 saturated carbocycles. The summed E-state index contributed by atoms with van der Waals surface area (Å²) in [6.45, 7) is 7.49. The van der Waals surface area contributed by atoms with Gasteiger partial charge < -0.3 is 15.3 Å². The molecule has 0 radical (unpaired) electrons. The summed E-state index contributed by atoms with van der Waals surface area (Å²) >= 11 is 0. The molecule has 0 aliphatic carbocycles. The Morgan fingerprint density at radius 1 is 1.10 bits per heavy atom. The molecule has 2 N–H and O–H groups in total. The Morgan fingerprint density at radius 2 is 1.67 bits per heavy atom. The van der Waals surface area contributed by atoms with Crippen molar-refractivity contribution >= 4 is 5.69 Å². The quantitative estimate of drug-likeness (QED) is 0.897. The maximum absolute atomic E-state index is 9.91. The zero-order valence-corrected chi connectivity index (χ0v) is 13.5. The summed E-state index contributed by atoms with van der Waals surface area (Å²) in [4.78, 5) is 2.55. The lowest BCUT2D eigenvalue weighted by Crippen LogP contribution is -2.44. The van der Waals surface area contributed by atoms with Gasteiger partial charge in [-0.25, -0.2) is 0 Å². The molecule has 2 atom stereocenters. The standard InChI is InChI=1S/C18H28N2O/c1-18(2,3)19-12-13-4-6-14(7-5-13)20-15-8-9-16(20)11-17(21)10-15/h4-7,15-17,19,21H,8-12H2,1-3H3. The van der Waals surface area contributed by atoms with Crippen molar-refractivity contribution in [2.45, 2.75) is 76.7 Å². The van der Waals surface area contributed by atoms with E-state index in [-0.39, 0.29) is 11.6 Å². The van der Waals surface area contributed by atoms with Crippen molar-refractivity contribution in [1.82, 2.24) is 5.32 Å². The number of nitrogens with one attached hydrogen (secondary N) is 1. The summed E-state index contributed by atoms with van der Waals surface area (Å²) in [6.07, 6.45) is 4.24. The van der Waals surface area contributed by atoms with Gasteiger partial charge in [0.2, 0.25) is 0 Å². The van der Waals surface area contributed by atoms with Gasteiger partial charge in [0.05, 0.1) is 6.10 Å². The van der Waals surface area contributed by atoms with E-state index in [0.29, 0.717) is 12.1 Å². The Hall–Kier alpha value is -1.06. The van der Waals surface area contributed by atoms with Crippen molar-refractivity contribution in [2.75, 3.05) is 4.90 Å². The summed E-state index contributed by atoms with van der Waals surface area (Å²) in [5.74, 6) is 0. The fraction of sp³-hybridized carbons (Fsp3) is 0.667. The fourth-order valence-corrected chi connectivity index (χ4v) is 3.72. The van der Waals surface area contributed by atoms with Gasteiger partial charge in [-0.3, -0.25) is 0 Å². The predicted octanol–water partition coefficient (Wildman–Crippen LogP) is 3.07. The number of aliphatic hydroxyl groups is 1. The third kappa shape index (κ3) is 3.41. The normalized spacial score (nSPS) is 29.0. The first-order valence-electron chi connectivity index (χ1n) is 8.23. The highest BCUT2D eigenvalue weighted by atomic mass is 16.3. The molecule has 2 aliphatic heterocycles. The van der Waals surface area contributed by atoms with Crippen LogP contribution in [-0.2, 0) is 6.54 Å². The van der Waals surface area contributed by atoms with Crippen LogP contribution in [-0.4, -0.2) is 28.8 Å². The van der Waals surface area contributed by atoms with Gasteiger partial charge in [-0.15, -0.1) is 0 Å². The molecule has 116 valence electrons. The van der Waals surface area contributed by atoms with Gasteiger partial charge in [0, 0.05) is 29.9 Å². The number of rotatable bonds is 3. The smallest absolute Gasteiger partial charge is 0.0579 e. The van der Waals surface area contributed by atoms with E-state index in [1.54, 1.807) is 0 Å². The molecule has 3 nitrogen and oxygen atoms in total. The second-order valence-corrected chi connectivity index (χ2v) is 7.69. The highest BCUT2D eigenvalue weighted by Crippen LogP contribution is 2.39. The molecule has 2 saturated heterocycles. The minimum atomic E-state index is -0.0889.